The van der Waals surface area contributed by atoms with Crippen LogP contribution in [0.5, 0.6) is 6.01 Å². The fourth-order valence-corrected chi connectivity index (χ4v) is 4.46. The van der Waals surface area contributed by atoms with E-state index in [0.717, 1.165) is 27.8 Å². The standard InChI is InChI=1S/C29H25N3O5/c33-27(34)26(14-20-15-30-28(31-16-20)36-17-19-8-2-1-3-9-19)32-29(35)37-18-25-23-12-6-4-10-21(23)22-11-5-7-13-24(22)25/h1-13,15-16,25-26H,14,17-18H2,(H,32,35)(H,33,34)/t26-/m0/s1. The Labute approximate surface area is 213 Å². The fraction of sp³-hybridized carbons (Fsp3) is 0.172. The molecule has 0 fully saturated rings. The maximum absolute atomic E-state index is 12.6. The van der Waals surface area contributed by atoms with E-state index >= 15 is 0 Å². The zero-order valence-corrected chi connectivity index (χ0v) is 19.9. The monoisotopic (exact) mass is 495 g/mol. The van der Waals surface area contributed by atoms with E-state index in [1.807, 2.05) is 66.7 Å². The number of nitrogens with one attached hydrogen (secondary N) is 1. The number of rotatable bonds is 9. The molecule has 8 heteroatoms. The van der Waals surface area contributed by atoms with E-state index in [9.17, 15) is 14.7 Å². The third-order valence-electron chi connectivity index (χ3n) is 6.27. The summed E-state index contributed by atoms with van der Waals surface area (Å²) in [6.07, 6.45) is 2.18. The van der Waals surface area contributed by atoms with Crippen LogP contribution >= 0.6 is 0 Å². The van der Waals surface area contributed by atoms with Gasteiger partial charge in [0.2, 0.25) is 0 Å². The van der Waals surface area contributed by atoms with E-state index in [1.54, 1.807) is 0 Å². The highest BCUT2D eigenvalue weighted by Gasteiger charge is 2.29. The number of hydrogen-bond acceptors (Lipinski definition) is 6. The van der Waals surface area contributed by atoms with Crippen LogP contribution in [0.3, 0.4) is 0 Å². The lowest BCUT2D eigenvalue weighted by Crippen LogP contribution is -2.43. The molecule has 0 saturated carbocycles. The molecule has 5 rings (SSSR count). The number of carbonyl (C=O) groups is 2. The summed E-state index contributed by atoms with van der Waals surface area (Å²) in [5, 5.41) is 12.1. The number of carboxylic acid groups (broad SMARTS) is 1. The van der Waals surface area contributed by atoms with Crippen molar-refractivity contribution in [3.8, 4) is 17.1 Å². The van der Waals surface area contributed by atoms with E-state index in [1.165, 1.54) is 12.4 Å². The lowest BCUT2D eigenvalue weighted by atomic mass is 9.98. The molecular weight excluding hydrogens is 470 g/mol. The quantitative estimate of drug-likeness (QED) is 0.349. The second kappa shape index (κ2) is 10.9. The van der Waals surface area contributed by atoms with Gasteiger partial charge in [-0.1, -0.05) is 78.9 Å². The van der Waals surface area contributed by atoms with Crippen molar-refractivity contribution >= 4 is 12.1 Å². The highest BCUT2D eigenvalue weighted by atomic mass is 16.5. The van der Waals surface area contributed by atoms with Crippen LogP contribution in [0.25, 0.3) is 11.1 Å². The lowest BCUT2D eigenvalue weighted by Gasteiger charge is -2.17. The van der Waals surface area contributed by atoms with Crippen molar-refractivity contribution in [1.82, 2.24) is 15.3 Å². The van der Waals surface area contributed by atoms with Crippen LogP contribution in [0.4, 0.5) is 4.79 Å². The number of benzene rings is 3. The van der Waals surface area contributed by atoms with E-state index in [2.05, 4.69) is 27.4 Å². The van der Waals surface area contributed by atoms with Gasteiger partial charge >= 0.3 is 18.1 Å². The molecule has 1 aromatic heterocycles. The van der Waals surface area contributed by atoms with E-state index in [4.69, 9.17) is 9.47 Å². The van der Waals surface area contributed by atoms with Gasteiger partial charge in [-0.2, -0.15) is 0 Å². The molecular formula is C29H25N3O5. The Hall–Kier alpha value is -4.72. The Bertz CT molecular complexity index is 1350. The molecule has 37 heavy (non-hydrogen) atoms. The van der Waals surface area contributed by atoms with Crippen molar-refractivity contribution in [2.45, 2.75) is 25.0 Å². The normalized spacial score (nSPS) is 12.8. The predicted octanol–water partition coefficient (Wildman–Crippen LogP) is 4.59. The molecule has 1 heterocycles. The highest BCUT2D eigenvalue weighted by Crippen LogP contribution is 2.44. The lowest BCUT2D eigenvalue weighted by molar-refractivity contribution is -0.139. The SMILES string of the molecule is O=C(N[C@@H](Cc1cnc(OCc2ccccc2)nc1)C(=O)O)OCC1c2ccccc2-c2ccccc21. The summed E-state index contributed by atoms with van der Waals surface area (Å²) in [4.78, 5) is 32.7. The molecule has 3 aromatic carbocycles. The maximum Gasteiger partial charge on any atom is 0.407 e. The minimum absolute atomic E-state index is 0.00149. The number of aliphatic carboxylic acids is 1. The van der Waals surface area contributed by atoms with Gasteiger partial charge in [-0.25, -0.2) is 19.6 Å². The highest BCUT2D eigenvalue weighted by molar-refractivity contribution is 5.81. The Kier molecular flexibility index (Phi) is 7.07. The Morgan fingerprint density at radius 3 is 2.05 bits per heavy atom. The first-order valence-corrected chi connectivity index (χ1v) is 11.9. The van der Waals surface area contributed by atoms with Crippen LogP contribution in [0, 0.1) is 0 Å². The molecule has 1 amide bonds. The van der Waals surface area contributed by atoms with Crippen LogP contribution in [0.15, 0.2) is 91.3 Å². The van der Waals surface area contributed by atoms with Crippen LogP contribution in [-0.2, 0) is 22.6 Å². The largest absolute Gasteiger partial charge is 0.480 e. The number of hydrogen-bond donors (Lipinski definition) is 2. The smallest absolute Gasteiger partial charge is 0.407 e. The number of amides is 1. The van der Waals surface area contributed by atoms with Crippen LogP contribution in [-0.4, -0.2) is 39.8 Å². The number of ether oxygens (including phenoxy) is 2. The molecule has 0 aliphatic heterocycles. The molecule has 0 radical (unpaired) electrons. The maximum atomic E-state index is 12.6. The van der Waals surface area contributed by atoms with Gasteiger partial charge in [-0.15, -0.1) is 0 Å². The zero-order chi connectivity index (χ0) is 25.6. The third-order valence-corrected chi connectivity index (χ3v) is 6.27. The van der Waals surface area contributed by atoms with Gasteiger partial charge in [0.25, 0.3) is 0 Å². The van der Waals surface area contributed by atoms with Gasteiger partial charge in [0.1, 0.15) is 19.3 Å². The molecule has 4 aromatic rings. The molecule has 1 aliphatic rings. The third kappa shape index (κ3) is 5.59. The summed E-state index contributed by atoms with van der Waals surface area (Å²) in [6, 6.07) is 24.6. The Balaban J connectivity index is 1.17. The average molecular weight is 496 g/mol. The second-order valence-corrected chi connectivity index (χ2v) is 8.71. The fourth-order valence-electron chi connectivity index (χ4n) is 4.46. The molecule has 0 spiro atoms. The molecule has 186 valence electrons. The van der Waals surface area contributed by atoms with Gasteiger partial charge < -0.3 is 19.9 Å². The van der Waals surface area contributed by atoms with Crippen molar-refractivity contribution in [1.29, 1.82) is 0 Å². The van der Waals surface area contributed by atoms with Gasteiger partial charge in [-0.3, -0.25) is 0 Å². The molecule has 8 nitrogen and oxygen atoms in total. The van der Waals surface area contributed by atoms with Crippen LogP contribution < -0.4 is 10.1 Å². The van der Waals surface area contributed by atoms with Crippen molar-refractivity contribution in [3.63, 3.8) is 0 Å². The summed E-state index contributed by atoms with van der Waals surface area (Å²) >= 11 is 0. The molecule has 1 atom stereocenters. The van der Waals surface area contributed by atoms with Crippen LogP contribution in [0.2, 0.25) is 0 Å². The van der Waals surface area contributed by atoms with E-state index in [-0.39, 0.29) is 25.0 Å². The van der Waals surface area contributed by atoms with E-state index in [0.29, 0.717) is 12.2 Å². The number of nitrogens with zero attached hydrogens (tertiary/aromatic N) is 2. The summed E-state index contributed by atoms with van der Waals surface area (Å²) in [5.41, 5.74) is 5.92. The van der Waals surface area contributed by atoms with Gasteiger partial charge in [0, 0.05) is 24.7 Å². The Morgan fingerprint density at radius 1 is 0.838 bits per heavy atom. The Morgan fingerprint density at radius 2 is 1.43 bits per heavy atom. The summed E-state index contributed by atoms with van der Waals surface area (Å²) in [7, 11) is 0. The first kappa shape index (κ1) is 24.0. The van der Waals surface area contributed by atoms with Gasteiger partial charge in [-0.05, 0) is 33.4 Å². The van der Waals surface area contributed by atoms with Gasteiger partial charge in [0.05, 0.1) is 0 Å². The molecule has 0 saturated heterocycles. The predicted molar refractivity (Wildman–Crippen MR) is 136 cm³/mol. The van der Waals surface area contributed by atoms with Crippen molar-refractivity contribution < 1.29 is 24.2 Å². The topological polar surface area (TPSA) is 111 Å². The second-order valence-electron chi connectivity index (χ2n) is 8.71. The first-order valence-electron chi connectivity index (χ1n) is 11.9. The summed E-state index contributed by atoms with van der Waals surface area (Å²) in [6.45, 7) is 0.421. The minimum Gasteiger partial charge on any atom is -0.480 e. The van der Waals surface area contributed by atoms with Crippen molar-refractivity contribution in [2.75, 3.05) is 6.61 Å². The molecule has 1 aliphatic carbocycles. The number of carboxylic acids is 1. The van der Waals surface area contributed by atoms with Crippen LogP contribution in [0.1, 0.15) is 28.2 Å². The summed E-state index contributed by atoms with van der Waals surface area (Å²) in [5.74, 6) is -1.30. The van der Waals surface area contributed by atoms with Gasteiger partial charge in [0.15, 0.2) is 0 Å². The number of carbonyl (C=O) groups excluding carboxylic acids is 1. The number of fused-ring (bicyclic) bond motifs is 3. The van der Waals surface area contributed by atoms with E-state index < -0.39 is 18.1 Å². The zero-order valence-electron chi connectivity index (χ0n) is 19.9. The molecule has 0 unspecified atom stereocenters. The molecule has 0 bridgehead atoms. The average Bonchev–Trinajstić information content (AvgIpc) is 3.25. The molecule has 2 N–H and O–H groups in total. The minimum atomic E-state index is -1.20. The number of aromatic nitrogens is 2. The van der Waals surface area contributed by atoms with Crippen molar-refractivity contribution in [2.24, 2.45) is 0 Å². The first-order chi connectivity index (χ1) is 18.1. The summed E-state index contributed by atoms with van der Waals surface area (Å²) < 4.78 is 11.1. The van der Waals surface area contributed by atoms with Crippen molar-refractivity contribution in [3.05, 3.63) is 114 Å². The number of alkyl carbamates (subject to hydrolysis) is 1.